The predicted molar refractivity (Wildman–Crippen MR) is 76.2 cm³/mol. The fraction of sp³-hybridized carbons (Fsp3) is 0.417. The Bertz CT molecular complexity index is 714. The Hall–Kier alpha value is -1.15. The largest absolute Gasteiger partial charge is 0.396 e. The Morgan fingerprint density at radius 2 is 2.15 bits per heavy atom. The third-order valence-electron chi connectivity index (χ3n) is 3.18. The summed E-state index contributed by atoms with van der Waals surface area (Å²) in [6.45, 7) is 3.34. The second kappa shape index (κ2) is 5.69. The molecule has 0 bridgehead atoms. The van der Waals surface area contributed by atoms with E-state index in [2.05, 4.69) is 9.71 Å². The van der Waals surface area contributed by atoms with Gasteiger partial charge in [-0.15, -0.1) is 0 Å². The summed E-state index contributed by atoms with van der Waals surface area (Å²) >= 11 is 5.95. The normalized spacial score (nSPS) is 15.4. The number of sulfonamides is 1. The van der Waals surface area contributed by atoms with Crippen LogP contribution in [0.25, 0.3) is 5.65 Å². The maximum absolute atomic E-state index is 12.4. The lowest BCUT2D eigenvalue weighted by molar-refractivity contribution is 0.216. The van der Waals surface area contributed by atoms with E-state index in [-0.39, 0.29) is 22.7 Å². The van der Waals surface area contributed by atoms with Crippen LogP contribution in [0.4, 0.5) is 0 Å². The molecule has 0 fully saturated rings. The number of imidazole rings is 1. The topological polar surface area (TPSA) is 83.7 Å². The average Bonchev–Trinajstić information content (AvgIpc) is 2.73. The van der Waals surface area contributed by atoms with E-state index < -0.39 is 16.1 Å². The fourth-order valence-electron chi connectivity index (χ4n) is 1.76. The van der Waals surface area contributed by atoms with E-state index in [4.69, 9.17) is 16.7 Å². The van der Waals surface area contributed by atoms with Crippen LogP contribution in [0.3, 0.4) is 0 Å². The van der Waals surface area contributed by atoms with Crippen molar-refractivity contribution in [3.63, 3.8) is 0 Å². The molecule has 0 aliphatic heterocycles. The standard InChI is InChI=1S/C12H16ClN3O3S/c1-8(7-17)9(2)15-20(18,19)12-11(13)14-10-5-3-4-6-16(10)12/h3-6,8-9,15,17H,7H2,1-2H3. The number of aromatic nitrogens is 2. The van der Waals surface area contributed by atoms with Crippen LogP contribution in [0.1, 0.15) is 13.8 Å². The monoisotopic (exact) mass is 317 g/mol. The first-order chi connectivity index (χ1) is 9.36. The highest BCUT2D eigenvalue weighted by Gasteiger charge is 2.27. The van der Waals surface area contributed by atoms with Crippen molar-refractivity contribution >= 4 is 27.3 Å². The zero-order chi connectivity index (χ0) is 14.9. The molecule has 0 spiro atoms. The predicted octanol–water partition coefficient (Wildman–Crippen LogP) is 1.28. The molecular formula is C12H16ClN3O3S. The zero-order valence-electron chi connectivity index (χ0n) is 11.1. The highest BCUT2D eigenvalue weighted by atomic mass is 35.5. The minimum atomic E-state index is -3.82. The molecule has 2 aromatic heterocycles. The van der Waals surface area contributed by atoms with Gasteiger partial charge in [0.05, 0.1) is 0 Å². The zero-order valence-corrected chi connectivity index (χ0v) is 12.7. The summed E-state index contributed by atoms with van der Waals surface area (Å²) in [5, 5.41) is 8.91. The van der Waals surface area contributed by atoms with Crippen molar-refractivity contribution in [1.29, 1.82) is 0 Å². The van der Waals surface area contributed by atoms with Gasteiger partial charge in [0.25, 0.3) is 10.0 Å². The van der Waals surface area contributed by atoms with Gasteiger partial charge in [-0.05, 0) is 25.0 Å². The van der Waals surface area contributed by atoms with Crippen molar-refractivity contribution in [1.82, 2.24) is 14.1 Å². The molecule has 0 saturated carbocycles. The van der Waals surface area contributed by atoms with Gasteiger partial charge in [0.1, 0.15) is 5.65 Å². The Morgan fingerprint density at radius 1 is 1.45 bits per heavy atom. The number of aliphatic hydroxyl groups is 1. The van der Waals surface area contributed by atoms with Crippen molar-refractivity contribution in [2.75, 3.05) is 6.61 Å². The van der Waals surface area contributed by atoms with Crippen LogP contribution in [0.2, 0.25) is 5.15 Å². The first-order valence-corrected chi connectivity index (χ1v) is 7.98. The van der Waals surface area contributed by atoms with E-state index in [0.29, 0.717) is 5.65 Å². The lowest BCUT2D eigenvalue weighted by Crippen LogP contribution is -2.38. The Balaban J connectivity index is 2.44. The second-order valence-corrected chi connectivity index (χ2v) is 6.69. The first kappa shape index (κ1) is 15.2. The molecular weight excluding hydrogens is 302 g/mol. The average molecular weight is 318 g/mol. The number of nitrogens with zero attached hydrogens (tertiary/aromatic N) is 2. The highest BCUT2D eigenvalue weighted by Crippen LogP contribution is 2.23. The Labute approximate surface area is 122 Å². The third-order valence-corrected chi connectivity index (χ3v) is 5.14. The van der Waals surface area contributed by atoms with Gasteiger partial charge in [-0.2, -0.15) is 0 Å². The van der Waals surface area contributed by atoms with Crippen molar-refractivity contribution in [3.05, 3.63) is 29.5 Å². The van der Waals surface area contributed by atoms with Crippen LogP contribution in [0.5, 0.6) is 0 Å². The van der Waals surface area contributed by atoms with Crippen LogP contribution < -0.4 is 4.72 Å². The molecule has 6 nitrogen and oxygen atoms in total. The number of nitrogens with one attached hydrogen (secondary N) is 1. The van der Waals surface area contributed by atoms with E-state index in [1.165, 1.54) is 4.40 Å². The molecule has 2 unspecified atom stereocenters. The molecule has 8 heteroatoms. The van der Waals surface area contributed by atoms with Crippen LogP contribution in [-0.2, 0) is 10.0 Å². The minimum absolute atomic E-state index is 0.0763. The summed E-state index contributed by atoms with van der Waals surface area (Å²) in [7, 11) is -3.82. The van der Waals surface area contributed by atoms with Gasteiger partial charge >= 0.3 is 0 Å². The quantitative estimate of drug-likeness (QED) is 0.870. The van der Waals surface area contributed by atoms with Gasteiger partial charge in [0.15, 0.2) is 10.2 Å². The molecule has 0 saturated heterocycles. The molecule has 0 amide bonds. The molecule has 2 N–H and O–H groups in total. The summed E-state index contributed by atoms with van der Waals surface area (Å²) in [5.74, 6) is -0.206. The number of pyridine rings is 1. The van der Waals surface area contributed by atoms with Gasteiger partial charge in [-0.25, -0.2) is 18.1 Å². The second-order valence-electron chi connectivity index (χ2n) is 4.71. The molecule has 2 atom stereocenters. The van der Waals surface area contributed by atoms with Crippen molar-refractivity contribution in [2.24, 2.45) is 5.92 Å². The van der Waals surface area contributed by atoms with E-state index >= 15 is 0 Å². The smallest absolute Gasteiger partial charge is 0.260 e. The van der Waals surface area contributed by atoms with Gasteiger partial charge in [-0.1, -0.05) is 24.6 Å². The SMILES string of the molecule is CC(CO)C(C)NS(=O)(=O)c1c(Cl)nc2ccccn12. The molecule has 0 aliphatic carbocycles. The van der Waals surface area contributed by atoms with Gasteiger partial charge in [0.2, 0.25) is 0 Å². The van der Waals surface area contributed by atoms with E-state index in [0.717, 1.165) is 0 Å². The molecule has 0 radical (unpaired) electrons. The number of aliphatic hydroxyl groups excluding tert-OH is 1. The summed E-state index contributed by atoms with van der Waals surface area (Å²) in [6, 6.07) is 4.70. The van der Waals surface area contributed by atoms with Crippen LogP contribution in [-0.4, -0.2) is 35.6 Å². The first-order valence-electron chi connectivity index (χ1n) is 6.12. The molecule has 110 valence electrons. The fourth-order valence-corrected chi connectivity index (χ4v) is 3.76. The van der Waals surface area contributed by atoms with Gasteiger partial charge in [0, 0.05) is 18.8 Å². The molecule has 2 aromatic rings. The lowest BCUT2D eigenvalue weighted by atomic mass is 10.1. The van der Waals surface area contributed by atoms with Crippen molar-refractivity contribution < 1.29 is 13.5 Å². The minimum Gasteiger partial charge on any atom is -0.396 e. The van der Waals surface area contributed by atoms with E-state index in [1.807, 2.05) is 0 Å². The molecule has 0 aliphatic rings. The lowest BCUT2D eigenvalue weighted by Gasteiger charge is -2.19. The van der Waals surface area contributed by atoms with Crippen LogP contribution in [0, 0.1) is 5.92 Å². The summed E-state index contributed by atoms with van der Waals surface area (Å²) in [6.07, 6.45) is 1.59. The molecule has 2 rings (SSSR count). The number of hydrogen-bond acceptors (Lipinski definition) is 4. The van der Waals surface area contributed by atoms with E-state index in [9.17, 15) is 8.42 Å². The van der Waals surface area contributed by atoms with Crippen molar-refractivity contribution in [2.45, 2.75) is 24.9 Å². The summed E-state index contributed by atoms with van der Waals surface area (Å²) in [5.41, 5.74) is 0.459. The van der Waals surface area contributed by atoms with Crippen molar-refractivity contribution in [3.8, 4) is 0 Å². The van der Waals surface area contributed by atoms with Crippen LogP contribution in [0.15, 0.2) is 29.4 Å². The Morgan fingerprint density at radius 3 is 2.80 bits per heavy atom. The molecule has 2 heterocycles. The maximum Gasteiger partial charge on any atom is 0.260 e. The van der Waals surface area contributed by atoms with E-state index in [1.54, 1.807) is 38.2 Å². The number of rotatable bonds is 5. The number of fused-ring (bicyclic) bond motifs is 1. The van der Waals surface area contributed by atoms with Crippen LogP contribution >= 0.6 is 11.6 Å². The molecule has 20 heavy (non-hydrogen) atoms. The highest BCUT2D eigenvalue weighted by molar-refractivity contribution is 7.89. The van der Waals surface area contributed by atoms with Gasteiger partial charge < -0.3 is 5.11 Å². The summed E-state index contributed by atoms with van der Waals surface area (Å²) in [4.78, 5) is 4.01. The molecule has 0 aromatic carbocycles. The van der Waals surface area contributed by atoms with Gasteiger partial charge in [-0.3, -0.25) is 4.40 Å². The third kappa shape index (κ3) is 2.80. The number of hydrogen-bond donors (Lipinski definition) is 2. The Kier molecular flexibility index (Phi) is 4.33. The summed E-state index contributed by atoms with van der Waals surface area (Å²) < 4.78 is 28.8. The number of halogens is 1. The maximum atomic E-state index is 12.4.